The smallest absolute Gasteiger partial charge is 0.270 e. The van der Waals surface area contributed by atoms with Gasteiger partial charge in [0.15, 0.2) is 0 Å². The number of piperazine rings is 1. The third-order valence-corrected chi connectivity index (χ3v) is 8.74. The van der Waals surface area contributed by atoms with Gasteiger partial charge in [-0.1, -0.05) is 26.0 Å². The van der Waals surface area contributed by atoms with Gasteiger partial charge in [-0.3, -0.25) is 14.6 Å². The third-order valence-electron chi connectivity index (χ3n) is 7.86. The van der Waals surface area contributed by atoms with Crippen molar-refractivity contribution in [1.29, 1.82) is 0 Å². The largest absolute Gasteiger partial charge is 0.494 e. The molecular formula is C31H41N3O5S. The Morgan fingerprint density at radius 3 is 2.65 bits per heavy atom. The van der Waals surface area contributed by atoms with Crippen molar-refractivity contribution in [3.05, 3.63) is 53.4 Å². The number of amides is 1. The molecule has 0 radical (unpaired) electrons. The minimum Gasteiger partial charge on any atom is -0.494 e. The lowest BCUT2D eigenvalue weighted by molar-refractivity contribution is -0.260. The summed E-state index contributed by atoms with van der Waals surface area (Å²) in [6, 6.07) is 14.8. The molecule has 2 aliphatic heterocycles. The van der Waals surface area contributed by atoms with E-state index < -0.39 is 6.48 Å². The topological polar surface area (TPSA) is 74.7 Å². The molecule has 1 unspecified atom stereocenters. The molecule has 9 heteroatoms. The van der Waals surface area contributed by atoms with Crippen molar-refractivity contribution in [3.63, 3.8) is 0 Å². The fourth-order valence-electron chi connectivity index (χ4n) is 5.66. The van der Waals surface area contributed by atoms with Gasteiger partial charge in [-0.15, -0.1) is 11.3 Å². The van der Waals surface area contributed by atoms with E-state index in [0.717, 1.165) is 62.6 Å². The lowest BCUT2D eigenvalue weighted by Crippen LogP contribution is -2.46. The maximum atomic E-state index is 12.9. The number of ether oxygens (including phenoxy) is 3. The number of hydrogen-bond acceptors (Lipinski definition) is 8. The predicted molar refractivity (Wildman–Crippen MR) is 160 cm³/mol. The Balaban J connectivity index is 1.09. The van der Waals surface area contributed by atoms with Crippen LogP contribution in [0.5, 0.6) is 5.75 Å². The Hall–Kier alpha value is -2.69. The maximum Gasteiger partial charge on any atom is 0.270 e. The van der Waals surface area contributed by atoms with Crippen molar-refractivity contribution in [3.8, 4) is 5.75 Å². The first-order chi connectivity index (χ1) is 19.4. The molecule has 1 fully saturated rings. The second-order valence-electron chi connectivity index (χ2n) is 11.1. The highest BCUT2D eigenvalue weighted by atomic mass is 32.1. The molecule has 216 valence electrons. The van der Waals surface area contributed by atoms with Gasteiger partial charge in [0.2, 0.25) is 5.91 Å². The molecule has 0 bridgehead atoms. The van der Waals surface area contributed by atoms with Gasteiger partial charge in [-0.05, 0) is 61.5 Å². The summed E-state index contributed by atoms with van der Waals surface area (Å²) in [5, 5.41) is 13.4. The van der Waals surface area contributed by atoms with Crippen molar-refractivity contribution in [2.24, 2.45) is 0 Å². The number of hydrogen-bond donors (Lipinski definition) is 1. The lowest BCUT2D eigenvalue weighted by Gasteiger charge is -2.38. The zero-order valence-electron chi connectivity index (χ0n) is 23.8. The second-order valence-corrected chi connectivity index (χ2v) is 12.1. The van der Waals surface area contributed by atoms with Gasteiger partial charge in [0.1, 0.15) is 12.5 Å². The molecule has 5 rings (SSSR count). The normalized spacial score (nSPS) is 18.2. The third kappa shape index (κ3) is 6.61. The van der Waals surface area contributed by atoms with Crippen molar-refractivity contribution >= 4 is 38.7 Å². The number of nitrogens with zero attached hydrogens (tertiary/aromatic N) is 3. The van der Waals surface area contributed by atoms with Gasteiger partial charge < -0.3 is 24.2 Å². The first-order valence-electron chi connectivity index (χ1n) is 14.3. The van der Waals surface area contributed by atoms with Gasteiger partial charge >= 0.3 is 0 Å². The Morgan fingerprint density at radius 1 is 1.02 bits per heavy atom. The summed E-state index contributed by atoms with van der Waals surface area (Å²) in [4.78, 5) is 19.6. The Labute approximate surface area is 241 Å². The molecule has 1 N–H and O–H groups in total. The van der Waals surface area contributed by atoms with E-state index in [2.05, 4.69) is 53.3 Å². The number of anilines is 2. The minimum absolute atomic E-state index is 0.0505. The zero-order chi connectivity index (χ0) is 28.1. The molecule has 0 saturated carbocycles. The standard InChI is InChI=1S/C31H41N3O5S/c1-4-37-30(36)39-22-34-27-20-23(10-11-25(27)31(2,3)21-29(34)35)38-18-6-5-13-32-14-16-33(17-15-32)26-8-7-9-28-24(26)12-19-40-28/h7-12,19-20,30,36H,4-6,13-18,21-22H2,1-3H3. The first-order valence-corrected chi connectivity index (χ1v) is 15.2. The fraction of sp³-hybridized carbons (Fsp3) is 0.516. The number of aliphatic hydroxyl groups excluding tert-OH is 1. The van der Waals surface area contributed by atoms with E-state index in [0.29, 0.717) is 19.6 Å². The molecule has 2 aromatic carbocycles. The average Bonchev–Trinajstić information content (AvgIpc) is 3.42. The van der Waals surface area contributed by atoms with Crippen LogP contribution < -0.4 is 14.5 Å². The zero-order valence-corrected chi connectivity index (χ0v) is 24.6. The summed E-state index contributed by atoms with van der Waals surface area (Å²) in [6.07, 6.45) is 2.40. The van der Waals surface area contributed by atoms with E-state index >= 15 is 0 Å². The predicted octanol–water partition coefficient (Wildman–Crippen LogP) is 5.18. The molecule has 1 saturated heterocycles. The number of thiophene rings is 1. The van der Waals surface area contributed by atoms with Gasteiger partial charge in [-0.2, -0.15) is 0 Å². The lowest BCUT2D eigenvalue weighted by atomic mass is 9.77. The minimum atomic E-state index is -1.37. The van der Waals surface area contributed by atoms with Gasteiger partial charge in [-0.25, -0.2) is 0 Å². The maximum absolute atomic E-state index is 12.9. The molecule has 3 aromatic rings. The molecular weight excluding hydrogens is 526 g/mol. The molecule has 1 aromatic heterocycles. The van der Waals surface area contributed by atoms with E-state index in [1.54, 1.807) is 23.2 Å². The highest BCUT2D eigenvalue weighted by molar-refractivity contribution is 7.17. The summed E-state index contributed by atoms with van der Waals surface area (Å²) in [7, 11) is 0. The quantitative estimate of drug-likeness (QED) is 0.239. The van der Waals surface area contributed by atoms with Crippen LogP contribution in [0, 0.1) is 0 Å². The van der Waals surface area contributed by atoms with Crippen molar-refractivity contribution < 1.29 is 24.1 Å². The van der Waals surface area contributed by atoms with E-state index in [1.165, 1.54) is 15.8 Å². The van der Waals surface area contributed by atoms with E-state index in [4.69, 9.17) is 14.2 Å². The van der Waals surface area contributed by atoms with Crippen LogP contribution in [0.3, 0.4) is 0 Å². The van der Waals surface area contributed by atoms with Crippen LogP contribution in [0.2, 0.25) is 0 Å². The molecule has 3 heterocycles. The fourth-order valence-corrected chi connectivity index (χ4v) is 6.47. The summed E-state index contributed by atoms with van der Waals surface area (Å²) < 4.78 is 17.9. The van der Waals surface area contributed by atoms with Gasteiger partial charge in [0.05, 0.1) is 12.3 Å². The molecule has 0 spiro atoms. The molecule has 40 heavy (non-hydrogen) atoms. The van der Waals surface area contributed by atoms with Crippen molar-refractivity contribution in [2.75, 3.05) is 62.5 Å². The SMILES string of the molecule is CCOC(O)OCN1C(=O)CC(C)(C)c2ccc(OCCCCN3CCN(c4cccc5sccc45)CC3)cc21. The summed E-state index contributed by atoms with van der Waals surface area (Å²) >= 11 is 1.81. The number of carbonyl (C=O) groups excluding carboxylic acids is 1. The van der Waals surface area contributed by atoms with Gasteiger partial charge in [0.25, 0.3) is 6.48 Å². The molecule has 8 nitrogen and oxygen atoms in total. The number of fused-ring (bicyclic) bond motifs is 2. The van der Waals surface area contributed by atoms with Crippen molar-refractivity contribution in [1.82, 2.24) is 4.90 Å². The number of carbonyl (C=O) groups is 1. The van der Waals surface area contributed by atoms with Crippen LogP contribution in [0.1, 0.15) is 45.6 Å². The summed E-state index contributed by atoms with van der Waals surface area (Å²) in [5.74, 6) is 0.682. The first kappa shape index (κ1) is 28.8. The van der Waals surface area contributed by atoms with Crippen LogP contribution >= 0.6 is 11.3 Å². The average molecular weight is 568 g/mol. The Bertz CT molecular complexity index is 1290. The number of unbranched alkanes of at least 4 members (excludes halogenated alkanes) is 1. The second kappa shape index (κ2) is 12.9. The van der Waals surface area contributed by atoms with Crippen LogP contribution in [0.25, 0.3) is 10.1 Å². The number of rotatable bonds is 12. The van der Waals surface area contributed by atoms with E-state index in [-0.39, 0.29) is 18.1 Å². The molecule has 0 aliphatic carbocycles. The van der Waals surface area contributed by atoms with E-state index in [9.17, 15) is 9.90 Å². The van der Waals surface area contributed by atoms with E-state index in [1.807, 2.05) is 18.2 Å². The molecule has 2 aliphatic rings. The molecule has 1 atom stereocenters. The highest BCUT2D eigenvalue weighted by Gasteiger charge is 2.37. The Morgan fingerprint density at radius 2 is 1.85 bits per heavy atom. The number of benzene rings is 2. The van der Waals surface area contributed by atoms with Crippen LogP contribution in [-0.4, -0.2) is 75.1 Å². The van der Waals surface area contributed by atoms with Crippen LogP contribution in [0.4, 0.5) is 11.4 Å². The van der Waals surface area contributed by atoms with Crippen molar-refractivity contribution in [2.45, 2.75) is 51.9 Å². The number of aliphatic hydroxyl groups is 1. The highest BCUT2D eigenvalue weighted by Crippen LogP contribution is 2.42. The van der Waals surface area contributed by atoms with Crippen LogP contribution in [0.15, 0.2) is 47.8 Å². The summed E-state index contributed by atoms with van der Waals surface area (Å²) in [5.41, 5.74) is 2.89. The van der Waals surface area contributed by atoms with Gasteiger partial charge in [0, 0.05) is 66.5 Å². The summed E-state index contributed by atoms with van der Waals surface area (Å²) in [6.45, 7) is 10.7. The Kier molecular flexibility index (Phi) is 9.27. The van der Waals surface area contributed by atoms with Crippen LogP contribution in [-0.2, 0) is 19.7 Å². The monoisotopic (exact) mass is 567 g/mol. The molecule has 1 amide bonds.